The summed E-state index contributed by atoms with van der Waals surface area (Å²) in [7, 11) is -2.76. The van der Waals surface area contributed by atoms with Gasteiger partial charge in [0.2, 0.25) is 0 Å². The van der Waals surface area contributed by atoms with Gasteiger partial charge in [-0.15, -0.1) is 0 Å². The van der Waals surface area contributed by atoms with E-state index in [4.69, 9.17) is 0 Å². The highest BCUT2D eigenvalue weighted by Gasteiger charge is 2.23. The first-order valence-corrected chi connectivity index (χ1v) is 8.75. The molecule has 5 heteroatoms. The Morgan fingerprint density at radius 2 is 2.05 bits per heavy atom. The average molecular weight is 280 g/mol. The van der Waals surface area contributed by atoms with Crippen molar-refractivity contribution in [3.05, 3.63) is 29.3 Å². The summed E-state index contributed by atoms with van der Waals surface area (Å²) in [6, 6.07) is 6.75. The molecule has 0 aromatic heterocycles. The number of fused-ring (bicyclic) bond motifs is 1. The molecule has 2 N–H and O–H groups in total. The van der Waals surface area contributed by atoms with Crippen molar-refractivity contribution in [3.63, 3.8) is 0 Å². The molecular formula is C14H20N2O2S. The van der Waals surface area contributed by atoms with Crippen LogP contribution in [0.25, 0.3) is 0 Å². The number of benzene rings is 1. The maximum atomic E-state index is 11.4. The van der Waals surface area contributed by atoms with Crippen LogP contribution in [0.3, 0.4) is 0 Å². The number of nitrogens with one attached hydrogen (secondary N) is 2. The number of hydrogen-bond donors (Lipinski definition) is 2. The predicted molar refractivity (Wildman–Crippen MR) is 77.2 cm³/mol. The summed E-state index contributed by atoms with van der Waals surface area (Å²) < 4.78 is 22.8. The third kappa shape index (κ3) is 2.92. The standard InChI is InChI=1S/C14H20N2O2S/c17-19(18)8-5-13(6-9-19)16-10-12-3-1-2-11-4-7-15-14(11)12/h1-3,13,15-16H,4-10H2. The van der Waals surface area contributed by atoms with Crippen LogP contribution in [-0.4, -0.2) is 32.5 Å². The molecule has 0 bridgehead atoms. The molecule has 0 atom stereocenters. The van der Waals surface area contributed by atoms with Crippen molar-refractivity contribution in [1.82, 2.24) is 5.32 Å². The van der Waals surface area contributed by atoms with Crippen LogP contribution in [0, 0.1) is 0 Å². The zero-order valence-corrected chi connectivity index (χ0v) is 11.8. The molecule has 3 rings (SSSR count). The van der Waals surface area contributed by atoms with Gasteiger partial charge >= 0.3 is 0 Å². The fraction of sp³-hybridized carbons (Fsp3) is 0.571. The molecule has 1 fully saturated rings. The van der Waals surface area contributed by atoms with Crippen LogP contribution in [-0.2, 0) is 22.8 Å². The van der Waals surface area contributed by atoms with Crippen LogP contribution >= 0.6 is 0 Å². The lowest BCUT2D eigenvalue weighted by Gasteiger charge is -2.23. The summed E-state index contributed by atoms with van der Waals surface area (Å²) in [6.45, 7) is 1.84. The summed E-state index contributed by atoms with van der Waals surface area (Å²) in [5.74, 6) is 0.658. The molecule has 1 aromatic carbocycles. The lowest BCUT2D eigenvalue weighted by Crippen LogP contribution is -2.37. The number of hydrogen-bond acceptors (Lipinski definition) is 4. The van der Waals surface area contributed by atoms with Crippen molar-refractivity contribution in [3.8, 4) is 0 Å². The molecule has 104 valence electrons. The Labute approximate surface area is 114 Å². The average Bonchev–Trinajstić information content (AvgIpc) is 2.86. The van der Waals surface area contributed by atoms with Gasteiger partial charge in [0, 0.05) is 24.8 Å². The number of sulfone groups is 1. The molecule has 1 aromatic rings. The van der Waals surface area contributed by atoms with E-state index in [0.717, 1.165) is 32.4 Å². The van der Waals surface area contributed by atoms with Crippen molar-refractivity contribution in [2.45, 2.75) is 31.8 Å². The first kappa shape index (κ1) is 12.9. The van der Waals surface area contributed by atoms with Gasteiger partial charge in [-0.05, 0) is 30.4 Å². The van der Waals surface area contributed by atoms with Crippen LogP contribution in [0.15, 0.2) is 18.2 Å². The van der Waals surface area contributed by atoms with Crippen LogP contribution < -0.4 is 10.6 Å². The Morgan fingerprint density at radius 1 is 1.26 bits per heavy atom. The van der Waals surface area contributed by atoms with E-state index in [9.17, 15) is 8.42 Å². The molecular weight excluding hydrogens is 260 g/mol. The lowest BCUT2D eigenvalue weighted by atomic mass is 10.1. The van der Waals surface area contributed by atoms with Gasteiger partial charge in [-0.2, -0.15) is 0 Å². The van der Waals surface area contributed by atoms with Crippen molar-refractivity contribution in [2.24, 2.45) is 0 Å². The molecule has 1 saturated heterocycles. The van der Waals surface area contributed by atoms with Gasteiger partial charge in [-0.25, -0.2) is 8.42 Å². The van der Waals surface area contributed by atoms with Crippen molar-refractivity contribution in [2.75, 3.05) is 23.4 Å². The molecule has 0 unspecified atom stereocenters. The molecule has 2 aliphatic heterocycles. The van der Waals surface area contributed by atoms with E-state index >= 15 is 0 Å². The van der Waals surface area contributed by atoms with Crippen LogP contribution in [0.1, 0.15) is 24.0 Å². The minimum atomic E-state index is -2.76. The molecule has 19 heavy (non-hydrogen) atoms. The minimum Gasteiger partial charge on any atom is -0.384 e. The van der Waals surface area contributed by atoms with Gasteiger partial charge in [0.1, 0.15) is 9.84 Å². The molecule has 4 nitrogen and oxygen atoms in total. The molecule has 0 radical (unpaired) electrons. The van der Waals surface area contributed by atoms with Gasteiger partial charge in [0.25, 0.3) is 0 Å². The SMILES string of the molecule is O=S1(=O)CCC(NCc2cccc3c2NCC3)CC1. The number of para-hydroxylation sites is 1. The van der Waals surface area contributed by atoms with Crippen LogP contribution in [0.5, 0.6) is 0 Å². The Hall–Kier alpha value is -1.07. The second kappa shape index (κ2) is 5.13. The fourth-order valence-corrected chi connectivity index (χ4v) is 4.40. The topological polar surface area (TPSA) is 58.2 Å². The monoisotopic (exact) mass is 280 g/mol. The molecule has 0 spiro atoms. The zero-order chi connectivity index (χ0) is 13.3. The van der Waals surface area contributed by atoms with Gasteiger partial charge in [-0.3, -0.25) is 0 Å². The molecule has 2 heterocycles. The van der Waals surface area contributed by atoms with Gasteiger partial charge in [-0.1, -0.05) is 18.2 Å². The molecule has 2 aliphatic rings. The minimum absolute atomic E-state index is 0.329. The second-order valence-electron chi connectivity index (χ2n) is 5.44. The molecule has 0 saturated carbocycles. The Kier molecular flexibility index (Phi) is 3.50. The Balaban J connectivity index is 1.60. The van der Waals surface area contributed by atoms with Crippen LogP contribution in [0.2, 0.25) is 0 Å². The van der Waals surface area contributed by atoms with E-state index in [1.54, 1.807) is 0 Å². The predicted octanol–water partition coefficient (Wildman–Crippen LogP) is 1.32. The van der Waals surface area contributed by atoms with Crippen molar-refractivity contribution < 1.29 is 8.42 Å². The Bertz CT molecular complexity index is 555. The number of rotatable bonds is 3. The van der Waals surface area contributed by atoms with E-state index < -0.39 is 9.84 Å². The van der Waals surface area contributed by atoms with Crippen molar-refractivity contribution in [1.29, 1.82) is 0 Å². The lowest BCUT2D eigenvalue weighted by molar-refractivity contribution is 0.463. The summed E-state index contributed by atoms with van der Waals surface area (Å²) in [5, 5.41) is 6.93. The molecule has 0 amide bonds. The fourth-order valence-electron chi connectivity index (χ4n) is 2.91. The highest BCUT2D eigenvalue weighted by Crippen LogP contribution is 2.26. The third-order valence-electron chi connectivity index (χ3n) is 4.07. The largest absolute Gasteiger partial charge is 0.384 e. The van der Waals surface area contributed by atoms with Gasteiger partial charge < -0.3 is 10.6 Å². The normalized spacial score (nSPS) is 21.9. The van der Waals surface area contributed by atoms with E-state index in [-0.39, 0.29) is 0 Å². The smallest absolute Gasteiger partial charge is 0.150 e. The summed E-state index contributed by atoms with van der Waals surface area (Å²) >= 11 is 0. The number of anilines is 1. The first-order chi connectivity index (χ1) is 9.14. The Morgan fingerprint density at radius 3 is 2.84 bits per heavy atom. The quantitative estimate of drug-likeness (QED) is 0.877. The highest BCUT2D eigenvalue weighted by atomic mass is 32.2. The maximum absolute atomic E-state index is 11.4. The second-order valence-corrected chi connectivity index (χ2v) is 7.74. The van der Waals surface area contributed by atoms with Gasteiger partial charge in [0.05, 0.1) is 11.5 Å². The van der Waals surface area contributed by atoms with Crippen LogP contribution in [0.4, 0.5) is 5.69 Å². The van der Waals surface area contributed by atoms with E-state index in [2.05, 4.69) is 28.8 Å². The summed E-state index contributed by atoms with van der Waals surface area (Å²) in [5.41, 5.74) is 3.97. The maximum Gasteiger partial charge on any atom is 0.150 e. The third-order valence-corrected chi connectivity index (χ3v) is 5.78. The highest BCUT2D eigenvalue weighted by molar-refractivity contribution is 7.91. The van der Waals surface area contributed by atoms with E-state index in [1.165, 1.54) is 16.8 Å². The summed E-state index contributed by atoms with van der Waals surface area (Å²) in [4.78, 5) is 0. The molecule has 0 aliphatic carbocycles. The van der Waals surface area contributed by atoms with Crippen molar-refractivity contribution >= 4 is 15.5 Å². The van der Waals surface area contributed by atoms with Gasteiger partial charge in [0.15, 0.2) is 0 Å². The van der Waals surface area contributed by atoms with E-state index in [0.29, 0.717) is 17.5 Å². The van der Waals surface area contributed by atoms with E-state index in [1.807, 2.05) is 0 Å². The zero-order valence-electron chi connectivity index (χ0n) is 11.0. The summed E-state index contributed by atoms with van der Waals surface area (Å²) in [6.07, 6.45) is 2.58. The first-order valence-electron chi connectivity index (χ1n) is 6.92.